The first-order valence-electron chi connectivity index (χ1n) is 10.3. The molecule has 0 bridgehead atoms. The summed E-state index contributed by atoms with van der Waals surface area (Å²) >= 11 is 1.58. The molecular weight excluding hydrogens is 414 g/mol. The molecule has 1 aliphatic heterocycles. The third-order valence-electron chi connectivity index (χ3n) is 5.49. The molecule has 2 aromatic carbocycles. The van der Waals surface area contributed by atoms with E-state index in [2.05, 4.69) is 29.4 Å². The summed E-state index contributed by atoms with van der Waals surface area (Å²) in [5, 5.41) is 3.69. The van der Waals surface area contributed by atoms with Crippen LogP contribution < -0.4 is 19.5 Å². The molecule has 2 amide bonds. The number of aromatic nitrogens is 1. The third-order valence-corrected chi connectivity index (χ3v) is 6.40. The van der Waals surface area contributed by atoms with Crippen LogP contribution in [0.4, 0.5) is 4.79 Å². The molecule has 1 fully saturated rings. The first-order valence-corrected chi connectivity index (χ1v) is 11.2. The van der Waals surface area contributed by atoms with Crippen LogP contribution in [-0.4, -0.2) is 49.3 Å². The number of aryl methyl sites for hydroxylation is 1. The van der Waals surface area contributed by atoms with Gasteiger partial charge in [0.05, 0.1) is 24.4 Å². The monoisotopic (exact) mass is 441 g/mol. The number of methoxy groups -OCH3 is 2. The van der Waals surface area contributed by atoms with Gasteiger partial charge in [-0.05, 0) is 36.2 Å². The van der Waals surface area contributed by atoms with Crippen molar-refractivity contribution in [2.24, 2.45) is 0 Å². The van der Waals surface area contributed by atoms with E-state index in [1.54, 1.807) is 25.6 Å². The van der Waals surface area contributed by atoms with Gasteiger partial charge in [-0.1, -0.05) is 29.5 Å². The number of para-hydroxylation sites is 1. The molecule has 4 rings (SSSR count). The Morgan fingerprint density at radius 1 is 1.16 bits per heavy atom. The summed E-state index contributed by atoms with van der Waals surface area (Å²) in [6, 6.07) is 11.7. The lowest BCUT2D eigenvalue weighted by Crippen LogP contribution is -2.46. The maximum Gasteiger partial charge on any atom is 0.317 e. The largest absolute Gasteiger partial charge is 0.493 e. The minimum absolute atomic E-state index is 0.0659. The summed E-state index contributed by atoms with van der Waals surface area (Å²) in [6.07, 6.45) is 1.66. The van der Waals surface area contributed by atoms with E-state index in [0.29, 0.717) is 36.3 Å². The number of thiazole rings is 1. The summed E-state index contributed by atoms with van der Waals surface area (Å²) < 4.78 is 17.8. The first kappa shape index (κ1) is 21.2. The Morgan fingerprint density at radius 2 is 1.94 bits per heavy atom. The number of benzene rings is 2. The first-order chi connectivity index (χ1) is 15.1. The molecule has 3 aromatic rings. The fourth-order valence-electron chi connectivity index (χ4n) is 3.72. The second kappa shape index (κ2) is 9.43. The van der Waals surface area contributed by atoms with Crippen molar-refractivity contribution in [1.29, 1.82) is 0 Å². The number of ether oxygens (including phenoxy) is 3. The van der Waals surface area contributed by atoms with Gasteiger partial charge in [0.25, 0.3) is 5.19 Å². The average Bonchev–Trinajstić information content (AvgIpc) is 3.21. The van der Waals surface area contributed by atoms with Gasteiger partial charge in [-0.25, -0.2) is 9.78 Å². The Bertz CT molecular complexity index is 1060. The third kappa shape index (κ3) is 4.85. The summed E-state index contributed by atoms with van der Waals surface area (Å²) in [7, 11) is 3.20. The van der Waals surface area contributed by atoms with E-state index in [4.69, 9.17) is 14.2 Å². The number of hydrogen-bond donors (Lipinski definition) is 1. The lowest BCUT2D eigenvalue weighted by Gasteiger charge is -2.31. The van der Waals surface area contributed by atoms with Crippen molar-refractivity contribution in [3.8, 4) is 16.7 Å². The molecule has 8 heteroatoms. The predicted octanol–water partition coefficient (Wildman–Crippen LogP) is 4.37. The maximum atomic E-state index is 12.6. The highest BCUT2D eigenvalue weighted by molar-refractivity contribution is 7.20. The quantitative estimate of drug-likeness (QED) is 0.615. The number of hydrogen-bond acceptors (Lipinski definition) is 6. The smallest absolute Gasteiger partial charge is 0.317 e. The summed E-state index contributed by atoms with van der Waals surface area (Å²) in [5.41, 5.74) is 3.12. The van der Waals surface area contributed by atoms with Gasteiger partial charge in [0.1, 0.15) is 6.10 Å². The second-order valence-electron chi connectivity index (χ2n) is 7.55. The Balaban J connectivity index is 1.27. The van der Waals surface area contributed by atoms with Crippen LogP contribution in [0.15, 0.2) is 36.4 Å². The molecule has 0 saturated carbocycles. The zero-order valence-corrected chi connectivity index (χ0v) is 18.8. The van der Waals surface area contributed by atoms with Gasteiger partial charge < -0.3 is 24.4 Å². The molecule has 1 N–H and O–H groups in total. The Morgan fingerprint density at radius 3 is 2.65 bits per heavy atom. The van der Waals surface area contributed by atoms with Gasteiger partial charge in [-0.3, -0.25) is 0 Å². The molecular formula is C23H27N3O4S. The molecule has 0 unspecified atom stereocenters. The number of fused-ring (bicyclic) bond motifs is 1. The fourth-order valence-corrected chi connectivity index (χ4v) is 4.67. The lowest BCUT2D eigenvalue weighted by atomic mass is 10.1. The van der Waals surface area contributed by atoms with Crippen LogP contribution in [-0.2, 0) is 6.54 Å². The molecule has 1 saturated heterocycles. The highest BCUT2D eigenvalue weighted by Crippen LogP contribution is 2.31. The fraction of sp³-hybridized carbons (Fsp3) is 0.391. The molecule has 0 aliphatic carbocycles. The van der Waals surface area contributed by atoms with Crippen LogP contribution in [0.3, 0.4) is 0 Å². The van der Waals surface area contributed by atoms with Gasteiger partial charge in [-0.2, -0.15) is 0 Å². The molecule has 0 atom stereocenters. The van der Waals surface area contributed by atoms with Crippen LogP contribution in [0.1, 0.15) is 24.0 Å². The summed E-state index contributed by atoms with van der Waals surface area (Å²) in [4.78, 5) is 19.0. The van der Waals surface area contributed by atoms with Crippen LogP contribution in [0.5, 0.6) is 16.7 Å². The highest BCUT2D eigenvalue weighted by atomic mass is 32.1. The average molecular weight is 442 g/mol. The van der Waals surface area contributed by atoms with Gasteiger partial charge >= 0.3 is 6.03 Å². The number of urea groups is 1. The van der Waals surface area contributed by atoms with E-state index in [1.807, 2.05) is 29.2 Å². The van der Waals surface area contributed by atoms with Gasteiger partial charge in [-0.15, -0.1) is 0 Å². The Kier molecular flexibility index (Phi) is 6.46. The van der Waals surface area contributed by atoms with Gasteiger partial charge in [0, 0.05) is 32.5 Å². The van der Waals surface area contributed by atoms with E-state index in [-0.39, 0.29) is 12.1 Å². The zero-order valence-electron chi connectivity index (χ0n) is 18.0. The molecule has 164 valence electrons. The van der Waals surface area contributed by atoms with Crippen LogP contribution in [0, 0.1) is 6.92 Å². The van der Waals surface area contributed by atoms with E-state index >= 15 is 0 Å². The molecule has 0 radical (unpaired) electrons. The maximum absolute atomic E-state index is 12.6. The van der Waals surface area contributed by atoms with Crippen LogP contribution in [0.25, 0.3) is 10.2 Å². The zero-order chi connectivity index (χ0) is 21.8. The van der Waals surface area contributed by atoms with Crippen molar-refractivity contribution in [1.82, 2.24) is 15.2 Å². The number of nitrogens with zero attached hydrogens (tertiary/aromatic N) is 2. The molecule has 0 spiro atoms. The molecule has 7 nitrogen and oxygen atoms in total. The van der Waals surface area contributed by atoms with E-state index in [1.165, 1.54) is 0 Å². The van der Waals surface area contributed by atoms with Crippen molar-refractivity contribution in [2.75, 3.05) is 27.3 Å². The minimum atomic E-state index is -0.0659. The lowest BCUT2D eigenvalue weighted by molar-refractivity contribution is 0.111. The molecule has 31 heavy (non-hydrogen) atoms. The SMILES string of the molecule is COc1ccc(CNC(=O)N2CCC(Oc3nc4c(C)cccc4s3)CC2)cc1OC. The summed E-state index contributed by atoms with van der Waals surface area (Å²) in [5.74, 6) is 1.32. The molecule has 1 aliphatic rings. The van der Waals surface area contributed by atoms with Gasteiger partial charge in [0.2, 0.25) is 0 Å². The predicted molar refractivity (Wildman–Crippen MR) is 121 cm³/mol. The van der Waals surface area contributed by atoms with Gasteiger partial charge in [0.15, 0.2) is 11.5 Å². The van der Waals surface area contributed by atoms with Crippen LogP contribution >= 0.6 is 11.3 Å². The standard InChI is InChI=1S/C23H27N3O4S/c1-15-5-4-6-20-21(15)25-23(31-20)30-17-9-11-26(12-10-17)22(27)24-14-16-7-8-18(28-2)19(13-16)29-3/h4-8,13,17H,9-12,14H2,1-3H3,(H,24,27). The Hall–Kier alpha value is -3.00. The normalized spacial score (nSPS) is 14.5. The number of rotatable bonds is 6. The van der Waals surface area contributed by atoms with Crippen molar-refractivity contribution in [3.63, 3.8) is 0 Å². The van der Waals surface area contributed by atoms with E-state index < -0.39 is 0 Å². The number of nitrogens with one attached hydrogen (secondary N) is 1. The van der Waals surface area contributed by atoms with Crippen molar-refractivity contribution in [3.05, 3.63) is 47.5 Å². The number of carbonyl (C=O) groups excluding carboxylic acids is 1. The Labute approximate surface area is 185 Å². The highest BCUT2D eigenvalue weighted by Gasteiger charge is 2.25. The second-order valence-corrected chi connectivity index (χ2v) is 8.55. The number of likely N-dealkylation sites (tertiary alicyclic amines) is 1. The van der Waals surface area contributed by atoms with E-state index in [9.17, 15) is 4.79 Å². The topological polar surface area (TPSA) is 72.9 Å². The van der Waals surface area contributed by atoms with Crippen molar-refractivity contribution >= 4 is 27.6 Å². The summed E-state index contributed by atoms with van der Waals surface area (Å²) in [6.45, 7) is 3.81. The van der Waals surface area contributed by atoms with E-state index in [0.717, 1.165) is 34.2 Å². The number of amides is 2. The van der Waals surface area contributed by atoms with Crippen LogP contribution in [0.2, 0.25) is 0 Å². The molecule has 2 heterocycles. The number of carbonyl (C=O) groups is 1. The molecule has 1 aromatic heterocycles. The number of piperidine rings is 1. The van der Waals surface area contributed by atoms with Crippen molar-refractivity contribution in [2.45, 2.75) is 32.4 Å². The van der Waals surface area contributed by atoms with Crippen molar-refractivity contribution < 1.29 is 19.0 Å². The minimum Gasteiger partial charge on any atom is -0.493 e.